The van der Waals surface area contributed by atoms with Crippen LogP contribution in [0.1, 0.15) is 43.6 Å². The lowest BCUT2D eigenvalue weighted by Crippen LogP contribution is -2.34. The highest BCUT2D eigenvalue weighted by molar-refractivity contribution is 5.91. The van der Waals surface area contributed by atoms with Crippen molar-refractivity contribution in [2.45, 2.75) is 39.9 Å². The number of hydrogen-bond acceptors (Lipinski definition) is 2. The van der Waals surface area contributed by atoms with Gasteiger partial charge in [-0.05, 0) is 38.0 Å². The third kappa shape index (κ3) is 4.37. The second-order valence-electron chi connectivity index (χ2n) is 5.67. The van der Waals surface area contributed by atoms with Crippen LogP contribution in [0.25, 0.3) is 0 Å². The fourth-order valence-electron chi connectivity index (χ4n) is 2.14. The molecule has 0 fully saturated rings. The minimum absolute atomic E-state index is 0.0609. The number of benzene rings is 1. The van der Waals surface area contributed by atoms with Crippen molar-refractivity contribution in [3.8, 4) is 0 Å². The molecule has 0 heterocycles. The number of hydrogen-bond donors (Lipinski definition) is 1. The monoisotopic (exact) mass is 303 g/mol. The molecule has 0 amide bonds. The van der Waals surface area contributed by atoms with E-state index in [9.17, 15) is 18.0 Å². The molecule has 0 atom stereocenters. The topological polar surface area (TPSA) is 40.5 Å². The average molecular weight is 303 g/mol. The Kier molecular flexibility index (Phi) is 5.25. The number of carboxylic acids is 1. The van der Waals surface area contributed by atoms with Crippen molar-refractivity contribution < 1.29 is 23.1 Å². The largest absolute Gasteiger partial charge is 0.478 e. The van der Waals surface area contributed by atoms with E-state index in [2.05, 4.69) is 0 Å². The van der Waals surface area contributed by atoms with Gasteiger partial charge in [0.15, 0.2) is 0 Å². The summed E-state index contributed by atoms with van der Waals surface area (Å²) in [5, 5.41) is 9.04. The van der Waals surface area contributed by atoms with Crippen molar-refractivity contribution in [2.24, 2.45) is 5.92 Å². The van der Waals surface area contributed by atoms with Crippen LogP contribution in [0.5, 0.6) is 0 Å². The Morgan fingerprint density at radius 3 is 2.19 bits per heavy atom. The Hall–Kier alpha value is -1.72. The Labute approximate surface area is 122 Å². The molecule has 0 aliphatic heterocycles. The molecule has 0 unspecified atom stereocenters. The van der Waals surface area contributed by atoms with Crippen LogP contribution in [0.15, 0.2) is 18.2 Å². The third-order valence-electron chi connectivity index (χ3n) is 3.06. The number of aromatic carboxylic acids is 1. The van der Waals surface area contributed by atoms with Crippen LogP contribution in [0.4, 0.5) is 18.9 Å². The molecule has 0 radical (unpaired) electrons. The summed E-state index contributed by atoms with van der Waals surface area (Å²) in [6.07, 6.45) is -4.67. The van der Waals surface area contributed by atoms with Gasteiger partial charge in [0.05, 0.1) is 11.1 Å². The molecule has 1 aromatic carbocycles. The first-order chi connectivity index (χ1) is 9.54. The normalized spacial score (nSPS) is 12.0. The van der Waals surface area contributed by atoms with Crippen LogP contribution in [0.3, 0.4) is 0 Å². The number of carboxylic acid groups (broad SMARTS) is 1. The van der Waals surface area contributed by atoms with Gasteiger partial charge in [-0.2, -0.15) is 13.2 Å². The van der Waals surface area contributed by atoms with Crippen molar-refractivity contribution in [1.82, 2.24) is 0 Å². The van der Waals surface area contributed by atoms with E-state index in [1.807, 2.05) is 32.6 Å². The Balaban J connectivity index is 3.33. The van der Waals surface area contributed by atoms with Crippen LogP contribution >= 0.6 is 0 Å². The highest BCUT2D eigenvalue weighted by atomic mass is 19.4. The first-order valence-electron chi connectivity index (χ1n) is 6.75. The maximum Gasteiger partial charge on any atom is 0.417 e. The lowest BCUT2D eigenvalue weighted by molar-refractivity contribution is -0.138. The SMILES string of the molecule is CC(C)CN(c1ccc(C(F)(F)F)c(C(=O)O)c1)C(C)C. The molecule has 1 N–H and O–H groups in total. The fourth-order valence-corrected chi connectivity index (χ4v) is 2.14. The lowest BCUT2D eigenvalue weighted by Gasteiger charge is -2.31. The summed E-state index contributed by atoms with van der Waals surface area (Å²) in [4.78, 5) is 13.0. The molecule has 3 nitrogen and oxygen atoms in total. The van der Waals surface area contributed by atoms with E-state index in [0.29, 0.717) is 18.2 Å². The van der Waals surface area contributed by atoms with Gasteiger partial charge in [0.25, 0.3) is 0 Å². The van der Waals surface area contributed by atoms with Gasteiger partial charge in [-0.1, -0.05) is 13.8 Å². The van der Waals surface area contributed by atoms with Crippen molar-refractivity contribution in [3.63, 3.8) is 0 Å². The Morgan fingerprint density at radius 1 is 1.24 bits per heavy atom. The second-order valence-corrected chi connectivity index (χ2v) is 5.67. The summed E-state index contributed by atoms with van der Waals surface area (Å²) in [6.45, 7) is 8.47. The van der Waals surface area contributed by atoms with Gasteiger partial charge in [0, 0.05) is 18.3 Å². The summed E-state index contributed by atoms with van der Waals surface area (Å²) in [6, 6.07) is 3.34. The first-order valence-corrected chi connectivity index (χ1v) is 6.75. The van der Waals surface area contributed by atoms with E-state index in [-0.39, 0.29) is 6.04 Å². The van der Waals surface area contributed by atoms with Gasteiger partial charge < -0.3 is 10.0 Å². The van der Waals surface area contributed by atoms with E-state index >= 15 is 0 Å². The van der Waals surface area contributed by atoms with Gasteiger partial charge in [-0.15, -0.1) is 0 Å². The third-order valence-corrected chi connectivity index (χ3v) is 3.06. The van der Waals surface area contributed by atoms with Crippen LogP contribution < -0.4 is 4.90 Å². The van der Waals surface area contributed by atoms with E-state index in [0.717, 1.165) is 12.1 Å². The van der Waals surface area contributed by atoms with Gasteiger partial charge in [-0.25, -0.2) is 4.79 Å². The van der Waals surface area contributed by atoms with Gasteiger partial charge in [0.1, 0.15) is 0 Å². The maximum absolute atomic E-state index is 12.8. The Bertz CT molecular complexity index is 510. The van der Waals surface area contributed by atoms with E-state index < -0.39 is 23.3 Å². The number of rotatable bonds is 5. The van der Waals surface area contributed by atoms with Crippen LogP contribution in [0, 0.1) is 5.92 Å². The maximum atomic E-state index is 12.8. The van der Waals surface area contributed by atoms with Crippen molar-refractivity contribution in [3.05, 3.63) is 29.3 Å². The minimum atomic E-state index is -4.67. The zero-order valence-corrected chi connectivity index (χ0v) is 12.5. The molecular formula is C15H20F3NO2. The quantitative estimate of drug-likeness (QED) is 0.883. The van der Waals surface area contributed by atoms with Crippen LogP contribution in [0.2, 0.25) is 0 Å². The van der Waals surface area contributed by atoms with E-state index in [1.165, 1.54) is 6.07 Å². The summed E-state index contributed by atoms with van der Waals surface area (Å²) in [5.74, 6) is -1.26. The fraction of sp³-hybridized carbons (Fsp3) is 0.533. The van der Waals surface area contributed by atoms with Gasteiger partial charge >= 0.3 is 12.1 Å². The number of nitrogens with zero attached hydrogens (tertiary/aromatic N) is 1. The van der Waals surface area contributed by atoms with Crippen molar-refractivity contribution in [1.29, 1.82) is 0 Å². The highest BCUT2D eigenvalue weighted by Gasteiger charge is 2.35. The van der Waals surface area contributed by atoms with Crippen LogP contribution in [-0.2, 0) is 6.18 Å². The number of halogens is 3. The molecule has 6 heteroatoms. The summed E-state index contributed by atoms with van der Waals surface area (Å²) < 4.78 is 38.5. The van der Waals surface area contributed by atoms with E-state index in [1.54, 1.807) is 0 Å². The molecule has 1 rings (SSSR count). The second kappa shape index (κ2) is 6.37. The zero-order valence-electron chi connectivity index (χ0n) is 12.5. The average Bonchev–Trinajstić information content (AvgIpc) is 2.33. The summed E-state index contributed by atoms with van der Waals surface area (Å²) in [5.41, 5.74) is -1.34. The molecule has 21 heavy (non-hydrogen) atoms. The molecule has 1 aromatic rings. The van der Waals surface area contributed by atoms with Crippen molar-refractivity contribution in [2.75, 3.05) is 11.4 Å². The predicted octanol–water partition coefficient (Wildman–Crippen LogP) is 4.27. The molecule has 0 bridgehead atoms. The molecule has 0 saturated heterocycles. The molecule has 0 aromatic heterocycles. The first kappa shape index (κ1) is 17.3. The molecule has 0 aliphatic rings. The summed E-state index contributed by atoms with van der Waals surface area (Å²) >= 11 is 0. The predicted molar refractivity (Wildman–Crippen MR) is 75.7 cm³/mol. The molecule has 0 aliphatic carbocycles. The molecular weight excluding hydrogens is 283 g/mol. The molecule has 118 valence electrons. The number of alkyl halides is 3. The van der Waals surface area contributed by atoms with Gasteiger partial charge in [0.2, 0.25) is 0 Å². The minimum Gasteiger partial charge on any atom is -0.478 e. The van der Waals surface area contributed by atoms with Crippen LogP contribution in [-0.4, -0.2) is 23.7 Å². The molecule has 0 saturated carbocycles. The highest BCUT2D eigenvalue weighted by Crippen LogP contribution is 2.34. The van der Waals surface area contributed by atoms with Crippen molar-refractivity contribution >= 4 is 11.7 Å². The summed E-state index contributed by atoms with van der Waals surface area (Å²) in [7, 11) is 0. The van der Waals surface area contributed by atoms with Gasteiger partial charge in [-0.3, -0.25) is 0 Å². The zero-order chi connectivity index (χ0) is 16.4. The molecule has 0 spiro atoms. The lowest BCUT2D eigenvalue weighted by atomic mass is 10.0. The van der Waals surface area contributed by atoms with E-state index in [4.69, 9.17) is 5.11 Å². The standard InChI is InChI=1S/C15H20F3NO2/c1-9(2)8-19(10(3)4)11-5-6-13(15(16,17)18)12(7-11)14(20)21/h5-7,9-10H,8H2,1-4H3,(H,20,21). The Morgan fingerprint density at radius 2 is 1.81 bits per heavy atom. The smallest absolute Gasteiger partial charge is 0.417 e. The number of carbonyl (C=O) groups is 1. The number of anilines is 1.